The summed E-state index contributed by atoms with van der Waals surface area (Å²) in [7, 11) is 0. The van der Waals surface area contributed by atoms with Crippen LogP contribution in [0.5, 0.6) is 0 Å². The fraction of sp³-hybridized carbons (Fsp3) is 0.0811. The molecule has 1 aliphatic carbocycles. The van der Waals surface area contributed by atoms with Crippen LogP contribution in [0.25, 0.3) is 76.5 Å². The second kappa shape index (κ2) is 6.82. The van der Waals surface area contributed by atoms with Crippen LogP contribution in [0.15, 0.2) is 114 Å². The molecule has 0 fully saturated rings. The van der Waals surface area contributed by atoms with Crippen LogP contribution in [-0.2, 0) is 5.41 Å². The number of fused-ring (bicyclic) bond motifs is 6. The molecule has 1 aliphatic rings. The molecular weight excluding hydrogens is 460 g/mol. The normalized spacial score (nSPS) is 14.3. The first-order valence-corrected chi connectivity index (χ1v) is 13.4. The minimum Gasteiger partial charge on any atom is -0.456 e. The first-order valence-electron chi connectivity index (χ1n) is 13.4. The van der Waals surface area contributed by atoms with Gasteiger partial charge in [-0.05, 0) is 90.0 Å². The van der Waals surface area contributed by atoms with Gasteiger partial charge in [0.15, 0.2) is 0 Å². The van der Waals surface area contributed by atoms with Crippen molar-refractivity contribution in [3.63, 3.8) is 0 Å². The van der Waals surface area contributed by atoms with Crippen LogP contribution >= 0.6 is 0 Å². The molecule has 0 spiro atoms. The Morgan fingerprint density at radius 3 is 2.05 bits per heavy atom. The smallest absolute Gasteiger partial charge is 0.136 e. The van der Waals surface area contributed by atoms with Gasteiger partial charge in [0, 0.05) is 16.2 Å². The van der Waals surface area contributed by atoms with Gasteiger partial charge in [0.2, 0.25) is 0 Å². The van der Waals surface area contributed by atoms with Crippen LogP contribution in [0.2, 0.25) is 0 Å². The van der Waals surface area contributed by atoms with Gasteiger partial charge in [-0.15, -0.1) is 0 Å². The first kappa shape index (κ1) is 20.4. The summed E-state index contributed by atoms with van der Waals surface area (Å²) in [5.74, 6) is 0. The van der Waals surface area contributed by atoms with Crippen molar-refractivity contribution in [3.05, 3.63) is 120 Å². The lowest BCUT2D eigenvalue weighted by molar-refractivity contribution is 0.647. The van der Waals surface area contributed by atoms with Gasteiger partial charge in [0.25, 0.3) is 0 Å². The molecule has 0 atom stereocenters. The van der Waals surface area contributed by atoms with E-state index in [1.807, 2.05) is 0 Å². The molecular formula is C37H24O. The summed E-state index contributed by atoms with van der Waals surface area (Å²) in [6, 6.07) is 40.3. The van der Waals surface area contributed by atoms with E-state index in [9.17, 15) is 0 Å². The summed E-state index contributed by atoms with van der Waals surface area (Å²) in [6.45, 7) is 4.64. The van der Waals surface area contributed by atoms with Gasteiger partial charge in [0.05, 0.1) is 0 Å². The number of furan rings is 1. The second-order valence-corrected chi connectivity index (χ2v) is 11.3. The van der Waals surface area contributed by atoms with Gasteiger partial charge in [-0.2, -0.15) is 0 Å². The lowest BCUT2D eigenvalue weighted by atomic mass is 9.82. The highest BCUT2D eigenvalue weighted by Gasteiger charge is 2.36. The zero-order valence-corrected chi connectivity index (χ0v) is 21.3. The third-order valence-electron chi connectivity index (χ3n) is 9.02. The van der Waals surface area contributed by atoms with Crippen LogP contribution < -0.4 is 0 Å². The highest BCUT2D eigenvalue weighted by atomic mass is 16.3. The Bertz CT molecular complexity index is 2240. The Morgan fingerprint density at radius 1 is 0.474 bits per heavy atom. The van der Waals surface area contributed by atoms with E-state index >= 15 is 0 Å². The Hall–Kier alpha value is -4.62. The van der Waals surface area contributed by atoms with E-state index in [-0.39, 0.29) is 5.41 Å². The summed E-state index contributed by atoms with van der Waals surface area (Å²) >= 11 is 0. The molecule has 0 amide bonds. The van der Waals surface area contributed by atoms with E-state index in [0.29, 0.717) is 0 Å². The minimum absolute atomic E-state index is 0.0357. The number of benzene rings is 7. The molecule has 9 rings (SSSR count). The molecule has 0 bridgehead atoms. The summed E-state index contributed by atoms with van der Waals surface area (Å²) in [4.78, 5) is 0. The lowest BCUT2D eigenvalue weighted by Crippen LogP contribution is -2.14. The molecule has 0 saturated heterocycles. The molecule has 0 radical (unpaired) electrons. The lowest BCUT2D eigenvalue weighted by Gasteiger charge is -2.21. The summed E-state index contributed by atoms with van der Waals surface area (Å²) in [6.07, 6.45) is 0. The number of hydrogen-bond acceptors (Lipinski definition) is 1. The predicted octanol–water partition coefficient (Wildman–Crippen LogP) is 10.5. The van der Waals surface area contributed by atoms with Crippen molar-refractivity contribution < 1.29 is 4.42 Å². The first-order chi connectivity index (χ1) is 18.6. The fourth-order valence-electron chi connectivity index (χ4n) is 7.13. The van der Waals surface area contributed by atoms with Crippen molar-refractivity contribution in [1.82, 2.24) is 0 Å². The van der Waals surface area contributed by atoms with Gasteiger partial charge in [0.1, 0.15) is 11.2 Å². The van der Waals surface area contributed by atoms with Crippen LogP contribution in [0.3, 0.4) is 0 Å². The van der Waals surface area contributed by atoms with Crippen LogP contribution in [0, 0.1) is 0 Å². The molecule has 8 aromatic rings. The molecule has 0 saturated carbocycles. The highest BCUT2D eigenvalue weighted by molar-refractivity contribution is 6.25. The van der Waals surface area contributed by atoms with E-state index in [0.717, 1.165) is 11.2 Å². The Morgan fingerprint density at radius 2 is 1.18 bits per heavy atom. The van der Waals surface area contributed by atoms with Crippen molar-refractivity contribution in [1.29, 1.82) is 0 Å². The molecule has 0 aliphatic heterocycles. The van der Waals surface area contributed by atoms with Crippen LogP contribution in [0.1, 0.15) is 25.0 Å². The fourth-order valence-corrected chi connectivity index (χ4v) is 7.13. The predicted molar refractivity (Wildman–Crippen MR) is 160 cm³/mol. The molecule has 7 aromatic carbocycles. The second-order valence-electron chi connectivity index (χ2n) is 11.3. The van der Waals surface area contributed by atoms with Gasteiger partial charge < -0.3 is 4.42 Å². The average Bonchev–Trinajstić information content (AvgIpc) is 3.42. The maximum atomic E-state index is 6.56. The molecule has 1 heterocycles. The number of rotatable bonds is 1. The third-order valence-corrected chi connectivity index (χ3v) is 9.02. The zero-order valence-electron chi connectivity index (χ0n) is 21.3. The van der Waals surface area contributed by atoms with Gasteiger partial charge in [-0.1, -0.05) is 98.8 Å². The van der Waals surface area contributed by atoms with Crippen LogP contribution in [0.4, 0.5) is 0 Å². The van der Waals surface area contributed by atoms with Crippen molar-refractivity contribution in [2.45, 2.75) is 19.3 Å². The van der Waals surface area contributed by atoms with E-state index < -0.39 is 0 Å². The molecule has 0 N–H and O–H groups in total. The molecule has 38 heavy (non-hydrogen) atoms. The Balaban J connectivity index is 1.28. The summed E-state index contributed by atoms with van der Waals surface area (Å²) < 4.78 is 6.56. The molecule has 1 heteroatoms. The maximum Gasteiger partial charge on any atom is 0.136 e. The van der Waals surface area contributed by atoms with Gasteiger partial charge in [-0.25, -0.2) is 0 Å². The molecule has 1 nitrogen and oxygen atoms in total. The van der Waals surface area contributed by atoms with E-state index in [2.05, 4.69) is 123 Å². The Kier molecular flexibility index (Phi) is 3.67. The van der Waals surface area contributed by atoms with Crippen molar-refractivity contribution in [2.75, 3.05) is 0 Å². The SMILES string of the molecule is CC1(C)c2ccccc2-c2cc3c(cc21)oc1cc(-c2ccc4ccc5cccc6ccc2c4c56)ccc13. The highest BCUT2D eigenvalue weighted by Crippen LogP contribution is 2.51. The third kappa shape index (κ3) is 2.47. The van der Waals surface area contributed by atoms with Crippen molar-refractivity contribution in [2.24, 2.45) is 0 Å². The van der Waals surface area contributed by atoms with Crippen LogP contribution in [-0.4, -0.2) is 0 Å². The average molecular weight is 485 g/mol. The minimum atomic E-state index is -0.0357. The van der Waals surface area contributed by atoms with Gasteiger partial charge in [-0.3, -0.25) is 0 Å². The summed E-state index contributed by atoms with van der Waals surface area (Å²) in [5.41, 5.74) is 9.71. The van der Waals surface area contributed by atoms with Gasteiger partial charge >= 0.3 is 0 Å². The van der Waals surface area contributed by atoms with Crippen molar-refractivity contribution >= 4 is 54.3 Å². The largest absolute Gasteiger partial charge is 0.456 e. The zero-order chi connectivity index (χ0) is 25.2. The standard InChI is InChI=1S/C37H24O/c1-37(2)31-9-4-3-8-26(31)29-19-30-27-16-14-24(18-33(27)38-34(30)20-32(29)37)25-15-12-23-11-10-21-6-5-7-22-13-17-28(25)36(23)35(21)22/h3-20H,1-2H3. The quantitative estimate of drug-likeness (QED) is 0.211. The van der Waals surface area contributed by atoms with E-state index in [4.69, 9.17) is 4.42 Å². The van der Waals surface area contributed by atoms with E-state index in [1.165, 1.54) is 76.5 Å². The van der Waals surface area contributed by atoms with E-state index in [1.54, 1.807) is 0 Å². The molecule has 1 aromatic heterocycles. The molecule has 178 valence electrons. The molecule has 0 unspecified atom stereocenters. The maximum absolute atomic E-state index is 6.56. The number of hydrogen-bond donors (Lipinski definition) is 0. The Labute approximate surface area is 220 Å². The summed E-state index contributed by atoms with van der Waals surface area (Å²) in [5, 5.41) is 10.2. The monoisotopic (exact) mass is 484 g/mol. The topological polar surface area (TPSA) is 13.1 Å². The van der Waals surface area contributed by atoms with Crippen molar-refractivity contribution in [3.8, 4) is 22.3 Å².